The number of aromatic nitrogens is 1. The first-order valence-corrected chi connectivity index (χ1v) is 5.85. The van der Waals surface area contributed by atoms with Crippen LogP contribution in [0.5, 0.6) is 0 Å². The Morgan fingerprint density at radius 2 is 2.11 bits per heavy atom. The number of hydrogen-bond acceptors (Lipinski definition) is 4. The van der Waals surface area contributed by atoms with Gasteiger partial charge in [0, 0.05) is 13.6 Å². The quantitative estimate of drug-likeness (QED) is 0.733. The molecule has 1 aromatic rings. The van der Waals surface area contributed by atoms with Crippen LogP contribution in [0.3, 0.4) is 0 Å². The van der Waals surface area contributed by atoms with Crippen molar-refractivity contribution in [1.29, 1.82) is 0 Å². The molecule has 0 saturated carbocycles. The van der Waals surface area contributed by atoms with Gasteiger partial charge in [0.25, 0.3) is 5.91 Å². The first-order chi connectivity index (χ1) is 8.58. The molecule has 0 saturated heterocycles. The molecule has 0 aromatic carbocycles. The summed E-state index contributed by atoms with van der Waals surface area (Å²) < 4.78 is 0. The smallest absolute Gasteiger partial charge is 0.271 e. The predicted octanol–water partition coefficient (Wildman–Crippen LogP) is 0.643. The third kappa shape index (κ3) is 3.89. The monoisotopic (exact) mass is 270 g/mol. The Bertz CT molecular complexity index is 451. The van der Waals surface area contributed by atoms with Crippen molar-refractivity contribution in [3.05, 3.63) is 22.8 Å². The number of rotatable bonds is 5. The summed E-state index contributed by atoms with van der Waals surface area (Å²) in [6, 6.07) is 3.27. The van der Waals surface area contributed by atoms with Gasteiger partial charge < -0.3 is 16.0 Å². The van der Waals surface area contributed by atoms with Gasteiger partial charge in [-0.25, -0.2) is 4.98 Å². The second-order valence-electron chi connectivity index (χ2n) is 3.41. The number of carbonyl (C=O) groups is 2. The van der Waals surface area contributed by atoms with Crippen LogP contribution >= 0.6 is 11.6 Å². The van der Waals surface area contributed by atoms with Crippen LogP contribution in [-0.2, 0) is 4.79 Å². The lowest BCUT2D eigenvalue weighted by Gasteiger charge is -2.08. The van der Waals surface area contributed by atoms with Crippen LogP contribution < -0.4 is 16.0 Å². The Morgan fingerprint density at radius 1 is 1.39 bits per heavy atom. The van der Waals surface area contributed by atoms with E-state index in [9.17, 15) is 9.59 Å². The molecule has 7 heteroatoms. The summed E-state index contributed by atoms with van der Waals surface area (Å²) in [5, 5.41) is 8.05. The van der Waals surface area contributed by atoms with Crippen LogP contribution in [0.1, 0.15) is 17.4 Å². The molecule has 0 aliphatic rings. The van der Waals surface area contributed by atoms with Gasteiger partial charge in [0.15, 0.2) is 0 Å². The lowest BCUT2D eigenvalue weighted by molar-refractivity contribution is -0.119. The summed E-state index contributed by atoms with van der Waals surface area (Å²) in [5.74, 6) is -0.211. The molecule has 98 valence electrons. The lowest BCUT2D eigenvalue weighted by atomic mass is 10.3. The van der Waals surface area contributed by atoms with E-state index in [1.54, 1.807) is 12.1 Å². The number of hydrogen-bond donors (Lipinski definition) is 3. The first-order valence-electron chi connectivity index (χ1n) is 5.47. The normalized spacial score (nSPS) is 9.72. The fourth-order valence-corrected chi connectivity index (χ4v) is 1.40. The van der Waals surface area contributed by atoms with Gasteiger partial charge in [-0.2, -0.15) is 0 Å². The van der Waals surface area contributed by atoms with Crippen LogP contribution in [0, 0.1) is 0 Å². The molecule has 18 heavy (non-hydrogen) atoms. The molecule has 0 bridgehead atoms. The van der Waals surface area contributed by atoms with Gasteiger partial charge in [-0.05, 0) is 19.1 Å². The molecule has 3 N–H and O–H groups in total. The zero-order valence-corrected chi connectivity index (χ0v) is 11.0. The van der Waals surface area contributed by atoms with Crippen molar-refractivity contribution in [2.45, 2.75) is 6.92 Å². The maximum Gasteiger partial charge on any atom is 0.271 e. The number of nitrogens with zero attached hydrogens (tertiary/aromatic N) is 1. The summed E-state index contributed by atoms with van der Waals surface area (Å²) in [4.78, 5) is 26.9. The predicted molar refractivity (Wildman–Crippen MR) is 69.8 cm³/mol. The van der Waals surface area contributed by atoms with Crippen LogP contribution in [0.2, 0.25) is 5.02 Å². The first kappa shape index (κ1) is 14.2. The zero-order valence-electron chi connectivity index (χ0n) is 10.2. The van der Waals surface area contributed by atoms with Crippen molar-refractivity contribution in [3.63, 3.8) is 0 Å². The van der Waals surface area contributed by atoms with Gasteiger partial charge in [0.2, 0.25) is 5.91 Å². The molecule has 0 spiro atoms. The van der Waals surface area contributed by atoms with Gasteiger partial charge in [0.1, 0.15) is 11.5 Å². The van der Waals surface area contributed by atoms with Gasteiger partial charge in [-0.15, -0.1) is 0 Å². The van der Waals surface area contributed by atoms with Crippen molar-refractivity contribution in [2.75, 3.05) is 25.5 Å². The number of halogens is 1. The highest BCUT2D eigenvalue weighted by Gasteiger charge is 2.13. The average Bonchev–Trinajstić information content (AvgIpc) is 2.38. The third-order valence-electron chi connectivity index (χ3n) is 2.11. The maximum atomic E-state index is 11.8. The van der Waals surface area contributed by atoms with Crippen LogP contribution in [0.25, 0.3) is 0 Å². The second kappa shape index (κ2) is 6.80. The van der Waals surface area contributed by atoms with E-state index in [-0.39, 0.29) is 23.2 Å². The molecule has 2 amide bonds. The van der Waals surface area contributed by atoms with Crippen LogP contribution in [0.15, 0.2) is 12.1 Å². The average molecular weight is 271 g/mol. The third-order valence-corrected chi connectivity index (χ3v) is 2.41. The van der Waals surface area contributed by atoms with Crippen molar-refractivity contribution < 1.29 is 9.59 Å². The largest absolute Gasteiger partial charge is 0.370 e. The van der Waals surface area contributed by atoms with Crippen molar-refractivity contribution in [3.8, 4) is 0 Å². The van der Waals surface area contributed by atoms with E-state index in [1.165, 1.54) is 7.05 Å². The van der Waals surface area contributed by atoms with E-state index in [1.807, 2.05) is 6.92 Å². The van der Waals surface area contributed by atoms with E-state index in [0.29, 0.717) is 12.4 Å². The standard InChI is InChI=1S/C11H15ClN4O2/c1-3-14-8-5-4-7(12)10(16-8)11(18)15-6-9(17)13-2/h4-5H,3,6H2,1-2H3,(H,13,17)(H,14,16)(H,15,18). The molecule has 1 rings (SSSR count). The van der Waals surface area contributed by atoms with Gasteiger partial charge in [0.05, 0.1) is 11.6 Å². The molecular formula is C11H15ClN4O2. The summed E-state index contributed by atoms with van der Waals surface area (Å²) in [5.41, 5.74) is 0.0963. The second-order valence-corrected chi connectivity index (χ2v) is 3.82. The van der Waals surface area contributed by atoms with E-state index >= 15 is 0 Å². The van der Waals surface area contributed by atoms with E-state index in [2.05, 4.69) is 20.9 Å². The molecular weight excluding hydrogens is 256 g/mol. The fourth-order valence-electron chi connectivity index (χ4n) is 1.21. The Balaban J connectivity index is 2.77. The molecule has 6 nitrogen and oxygen atoms in total. The van der Waals surface area contributed by atoms with Crippen molar-refractivity contribution >= 4 is 29.2 Å². The van der Waals surface area contributed by atoms with Crippen LogP contribution in [0.4, 0.5) is 5.82 Å². The Kier molecular flexibility index (Phi) is 5.38. The summed E-state index contributed by atoms with van der Waals surface area (Å²) in [6.07, 6.45) is 0. The molecule has 0 fully saturated rings. The molecule has 0 radical (unpaired) electrons. The number of carbonyl (C=O) groups excluding carboxylic acids is 2. The highest BCUT2D eigenvalue weighted by atomic mass is 35.5. The lowest BCUT2D eigenvalue weighted by Crippen LogP contribution is -2.35. The molecule has 1 aromatic heterocycles. The van der Waals surface area contributed by atoms with Gasteiger partial charge >= 0.3 is 0 Å². The number of pyridine rings is 1. The van der Waals surface area contributed by atoms with E-state index in [0.717, 1.165) is 0 Å². The minimum absolute atomic E-state index is 0.0963. The molecule has 0 atom stereocenters. The number of amides is 2. The maximum absolute atomic E-state index is 11.8. The molecule has 0 aliphatic heterocycles. The molecule has 0 unspecified atom stereocenters. The number of nitrogens with one attached hydrogen (secondary N) is 3. The van der Waals surface area contributed by atoms with E-state index < -0.39 is 5.91 Å². The Morgan fingerprint density at radius 3 is 2.72 bits per heavy atom. The van der Waals surface area contributed by atoms with E-state index in [4.69, 9.17) is 11.6 Å². The van der Waals surface area contributed by atoms with Crippen LogP contribution in [-0.4, -0.2) is 36.9 Å². The SMILES string of the molecule is CCNc1ccc(Cl)c(C(=O)NCC(=O)NC)n1. The highest BCUT2D eigenvalue weighted by Crippen LogP contribution is 2.16. The molecule has 1 heterocycles. The minimum atomic E-state index is -0.483. The summed E-state index contributed by atoms with van der Waals surface area (Å²) in [6.45, 7) is 2.49. The minimum Gasteiger partial charge on any atom is -0.370 e. The van der Waals surface area contributed by atoms with Gasteiger partial charge in [-0.1, -0.05) is 11.6 Å². The summed E-state index contributed by atoms with van der Waals surface area (Å²) in [7, 11) is 1.49. The topological polar surface area (TPSA) is 83.1 Å². The zero-order chi connectivity index (χ0) is 13.5. The number of anilines is 1. The van der Waals surface area contributed by atoms with Crippen molar-refractivity contribution in [2.24, 2.45) is 0 Å². The fraction of sp³-hybridized carbons (Fsp3) is 0.364. The Labute approximate surface area is 110 Å². The molecule has 0 aliphatic carbocycles. The van der Waals surface area contributed by atoms with Gasteiger partial charge in [-0.3, -0.25) is 9.59 Å². The summed E-state index contributed by atoms with van der Waals surface area (Å²) >= 11 is 5.89. The number of likely N-dealkylation sites (N-methyl/N-ethyl adjacent to an activating group) is 1. The van der Waals surface area contributed by atoms with Crippen molar-refractivity contribution in [1.82, 2.24) is 15.6 Å². The highest BCUT2D eigenvalue weighted by molar-refractivity contribution is 6.33. The Hall–Kier alpha value is -1.82.